The van der Waals surface area contributed by atoms with Crippen molar-refractivity contribution >= 4 is 23.2 Å². The average Bonchev–Trinajstić information content (AvgIpc) is 2.80. The van der Waals surface area contributed by atoms with Crippen LogP contribution in [-0.2, 0) is 0 Å². The molecule has 1 unspecified atom stereocenters. The summed E-state index contributed by atoms with van der Waals surface area (Å²) in [6, 6.07) is 33.5. The van der Waals surface area contributed by atoms with E-state index in [-0.39, 0.29) is 0 Å². The Morgan fingerprint density at radius 1 is 0.750 bits per heavy atom. The molecule has 0 saturated heterocycles. The summed E-state index contributed by atoms with van der Waals surface area (Å²) in [6.45, 7) is 3.92. The second-order valence-electron chi connectivity index (χ2n) is 7.47. The summed E-state index contributed by atoms with van der Waals surface area (Å²) in [7, 11) is -2.15. The van der Waals surface area contributed by atoms with Crippen LogP contribution in [0.5, 0.6) is 0 Å². The van der Waals surface area contributed by atoms with Gasteiger partial charge >= 0.3 is 169 Å². The molecule has 0 fully saturated rings. The van der Waals surface area contributed by atoms with Crippen LogP contribution in [0.3, 0.4) is 0 Å². The van der Waals surface area contributed by atoms with Gasteiger partial charge in [0, 0.05) is 0 Å². The first-order valence-corrected chi connectivity index (χ1v) is 12.2. The standard InChI is InChI=1S/C27H27P/c1-2-23-18-20-24(21-19-23)22-28(25-12-6-3-7-13-25,26-14-8-4-9-15-26)27-16-10-5-11-17-27/h2-20,24,28H,1,21-22H2. The van der Waals surface area contributed by atoms with Gasteiger partial charge in [-0.15, -0.1) is 0 Å². The summed E-state index contributed by atoms with van der Waals surface area (Å²) in [5.74, 6) is 0.538. The third-order valence-corrected chi connectivity index (χ3v) is 10.9. The Bertz CT molecular complexity index is 872. The minimum absolute atomic E-state index is 0.538. The molecule has 0 radical (unpaired) electrons. The molecule has 0 nitrogen and oxygen atoms in total. The number of benzene rings is 3. The summed E-state index contributed by atoms with van der Waals surface area (Å²) in [6.07, 6.45) is 11.2. The van der Waals surface area contributed by atoms with Crippen molar-refractivity contribution in [1.29, 1.82) is 0 Å². The quantitative estimate of drug-likeness (QED) is 0.501. The molecular formula is C27H27P. The van der Waals surface area contributed by atoms with Gasteiger partial charge in [0.2, 0.25) is 0 Å². The Morgan fingerprint density at radius 3 is 1.57 bits per heavy atom. The van der Waals surface area contributed by atoms with Gasteiger partial charge in [-0.2, -0.15) is 0 Å². The molecule has 0 N–H and O–H groups in total. The van der Waals surface area contributed by atoms with Crippen LogP contribution in [0, 0.1) is 5.92 Å². The molecule has 140 valence electrons. The number of rotatable bonds is 6. The maximum absolute atomic E-state index is 3.92. The molecule has 0 bridgehead atoms. The molecule has 3 aromatic carbocycles. The van der Waals surface area contributed by atoms with Gasteiger partial charge in [-0.05, 0) is 0 Å². The van der Waals surface area contributed by atoms with E-state index in [1.165, 1.54) is 27.6 Å². The van der Waals surface area contributed by atoms with Crippen LogP contribution in [0.4, 0.5) is 0 Å². The Kier molecular flexibility index (Phi) is 5.70. The molecule has 0 aromatic heterocycles. The summed E-state index contributed by atoms with van der Waals surface area (Å²) in [5.41, 5.74) is 1.24. The molecule has 0 heterocycles. The predicted molar refractivity (Wildman–Crippen MR) is 127 cm³/mol. The van der Waals surface area contributed by atoms with E-state index in [2.05, 4.69) is 116 Å². The molecule has 1 heteroatoms. The van der Waals surface area contributed by atoms with Crippen molar-refractivity contribution in [2.24, 2.45) is 5.92 Å². The summed E-state index contributed by atoms with van der Waals surface area (Å²) in [5, 5.41) is 4.46. The molecule has 0 saturated carbocycles. The van der Waals surface area contributed by atoms with Crippen molar-refractivity contribution in [1.82, 2.24) is 0 Å². The number of allylic oxidation sites excluding steroid dienone is 5. The zero-order valence-electron chi connectivity index (χ0n) is 16.2. The van der Waals surface area contributed by atoms with Gasteiger partial charge in [-0.25, -0.2) is 0 Å². The van der Waals surface area contributed by atoms with E-state index >= 15 is 0 Å². The Hall–Kier alpha value is -2.69. The van der Waals surface area contributed by atoms with Crippen molar-refractivity contribution < 1.29 is 0 Å². The van der Waals surface area contributed by atoms with Crippen molar-refractivity contribution in [3.05, 3.63) is 127 Å². The van der Waals surface area contributed by atoms with Gasteiger partial charge in [0.1, 0.15) is 0 Å². The van der Waals surface area contributed by atoms with E-state index in [1.54, 1.807) is 0 Å². The maximum atomic E-state index is 3.92. The monoisotopic (exact) mass is 382 g/mol. The van der Waals surface area contributed by atoms with E-state index in [0.29, 0.717) is 5.92 Å². The van der Waals surface area contributed by atoms with Crippen LogP contribution in [0.2, 0.25) is 0 Å². The fourth-order valence-electron chi connectivity index (χ4n) is 4.40. The van der Waals surface area contributed by atoms with Crippen molar-refractivity contribution in [3.63, 3.8) is 0 Å². The zero-order valence-corrected chi connectivity index (χ0v) is 17.2. The van der Waals surface area contributed by atoms with E-state index in [4.69, 9.17) is 0 Å². The first kappa shape index (κ1) is 18.7. The van der Waals surface area contributed by atoms with Crippen LogP contribution in [0.25, 0.3) is 0 Å². The van der Waals surface area contributed by atoms with Crippen LogP contribution < -0.4 is 15.9 Å². The SMILES string of the molecule is C=CC1=CCC(C[PH](c2ccccc2)(c2ccccc2)c2ccccc2)C=C1. The topological polar surface area (TPSA) is 0 Å². The molecular weight excluding hydrogens is 355 g/mol. The van der Waals surface area contributed by atoms with E-state index in [1.807, 2.05) is 6.08 Å². The predicted octanol–water partition coefficient (Wildman–Crippen LogP) is 5.40. The molecule has 1 aliphatic rings. The third kappa shape index (κ3) is 3.66. The second-order valence-corrected chi connectivity index (χ2v) is 11.4. The van der Waals surface area contributed by atoms with Crippen LogP contribution in [0.1, 0.15) is 6.42 Å². The van der Waals surface area contributed by atoms with Gasteiger partial charge in [-0.3, -0.25) is 0 Å². The second kappa shape index (κ2) is 8.55. The molecule has 0 amide bonds. The van der Waals surface area contributed by atoms with E-state index < -0.39 is 7.26 Å². The molecule has 4 rings (SSSR count). The van der Waals surface area contributed by atoms with Crippen LogP contribution >= 0.6 is 7.26 Å². The fourth-order valence-corrected chi connectivity index (χ4v) is 9.48. The van der Waals surface area contributed by atoms with E-state index in [0.717, 1.165) is 6.42 Å². The van der Waals surface area contributed by atoms with Crippen molar-refractivity contribution in [2.75, 3.05) is 6.16 Å². The molecule has 0 aliphatic heterocycles. The van der Waals surface area contributed by atoms with Crippen LogP contribution in [-0.4, -0.2) is 6.16 Å². The first-order valence-electron chi connectivity index (χ1n) is 10.0. The molecule has 3 aromatic rings. The van der Waals surface area contributed by atoms with Gasteiger partial charge in [0.25, 0.3) is 0 Å². The van der Waals surface area contributed by atoms with Crippen molar-refractivity contribution in [2.45, 2.75) is 6.42 Å². The summed E-state index contributed by atoms with van der Waals surface area (Å²) >= 11 is 0. The Morgan fingerprint density at radius 2 is 1.21 bits per heavy atom. The number of hydrogen-bond acceptors (Lipinski definition) is 0. The minimum atomic E-state index is -2.15. The Labute approximate surface area is 169 Å². The van der Waals surface area contributed by atoms with Gasteiger partial charge in [-0.1, -0.05) is 0 Å². The summed E-state index contributed by atoms with van der Waals surface area (Å²) < 4.78 is 0. The normalized spacial score (nSPS) is 17.0. The van der Waals surface area contributed by atoms with Gasteiger partial charge < -0.3 is 0 Å². The van der Waals surface area contributed by atoms with E-state index in [9.17, 15) is 0 Å². The molecule has 1 aliphatic carbocycles. The fraction of sp³-hybridized carbons (Fsp3) is 0.111. The van der Waals surface area contributed by atoms with Gasteiger partial charge in [0.05, 0.1) is 0 Å². The molecule has 1 atom stereocenters. The average molecular weight is 382 g/mol. The molecule has 0 spiro atoms. The third-order valence-electron chi connectivity index (χ3n) is 5.82. The van der Waals surface area contributed by atoms with Gasteiger partial charge in [0.15, 0.2) is 0 Å². The van der Waals surface area contributed by atoms with Crippen LogP contribution in [0.15, 0.2) is 127 Å². The van der Waals surface area contributed by atoms with Crippen molar-refractivity contribution in [3.8, 4) is 0 Å². The molecule has 28 heavy (non-hydrogen) atoms. The first-order chi connectivity index (χ1) is 13.8. The zero-order chi connectivity index (χ0) is 19.2. The summed E-state index contributed by atoms with van der Waals surface area (Å²) in [4.78, 5) is 0. The number of hydrogen-bond donors (Lipinski definition) is 0. The Balaban J connectivity index is 1.88.